The van der Waals surface area contributed by atoms with E-state index < -0.39 is 11.7 Å². The molecule has 7 nitrogen and oxygen atoms in total. The molecule has 1 atom stereocenters. The minimum absolute atomic E-state index is 0.148. The molecular weight excluding hydrogens is 324 g/mol. The molecule has 0 spiro atoms. The van der Waals surface area contributed by atoms with E-state index in [1.54, 1.807) is 6.92 Å². The molecule has 1 aromatic carbocycles. The van der Waals surface area contributed by atoms with Gasteiger partial charge in [-0.2, -0.15) is 0 Å². The van der Waals surface area contributed by atoms with Gasteiger partial charge in [-0.25, -0.2) is 5.06 Å². The van der Waals surface area contributed by atoms with Gasteiger partial charge < -0.3 is 14.4 Å². The van der Waals surface area contributed by atoms with Crippen LogP contribution < -0.4 is 4.74 Å². The van der Waals surface area contributed by atoms with E-state index in [2.05, 4.69) is 5.16 Å². The maximum absolute atomic E-state index is 11.1. The Hall–Kier alpha value is -2.38. The van der Waals surface area contributed by atoms with Crippen molar-refractivity contribution in [2.45, 2.75) is 39.4 Å². The molecule has 0 fully saturated rings. The van der Waals surface area contributed by atoms with Gasteiger partial charge in [-0.3, -0.25) is 9.63 Å². The maximum atomic E-state index is 11.1. The molecule has 1 unspecified atom stereocenters. The molecule has 1 aromatic heterocycles. The average Bonchev–Trinajstić information content (AvgIpc) is 2.97. The summed E-state index contributed by atoms with van der Waals surface area (Å²) in [5, 5.41) is 15.1. The zero-order valence-electron chi connectivity index (χ0n) is 14.9. The standard InChI is InChI=1S/C18H24N2O5/c1-13(22)15-16(14-8-6-5-7-9-14)24-19-17(15)23-11-10-20(12-21)25-18(2,3)4/h5-9,12-13,22H,10-11H2,1-4H3. The Kier molecular flexibility index (Phi) is 6.17. The lowest BCUT2D eigenvalue weighted by Crippen LogP contribution is -2.35. The molecule has 0 aliphatic rings. The lowest BCUT2D eigenvalue weighted by atomic mass is 10.1. The number of aliphatic hydroxyl groups is 1. The van der Waals surface area contributed by atoms with Crippen molar-refractivity contribution in [1.29, 1.82) is 0 Å². The van der Waals surface area contributed by atoms with Gasteiger partial charge >= 0.3 is 0 Å². The van der Waals surface area contributed by atoms with Crippen LogP contribution in [0.25, 0.3) is 11.3 Å². The van der Waals surface area contributed by atoms with Crippen molar-refractivity contribution >= 4 is 6.41 Å². The van der Waals surface area contributed by atoms with Gasteiger partial charge in [0.2, 0.25) is 6.41 Å². The van der Waals surface area contributed by atoms with Crippen LogP contribution >= 0.6 is 0 Å². The lowest BCUT2D eigenvalue weighted by molar-refractivity contribution is -0.217. The van der Waals surface area contributed by atoms with Crippen LogP contribution in [0.2, 0.25) is 0 Å². The zero-order valence-corrected chi connectivity index (χ0v) is 14.9. The van der Waals surface area contributed by atoms with Crippen LogP contribution in [0.1, 0.15) is 39.4 Å². The van der Waals surface area contributed by atoms with Gasteiger partial charge in [0.15, 0.2) is 5.76 Å². The Labute approximate surface area is 147 Å². The van der Waals surface area contributed by atoms with Gasteiger partial charge in [-0.05, 0) is 32.9 Å². The van der Waals surface area contributed by atoms with Gasteiger partial charge in [0.05, 0.1) is 23.8 Å². The summed E-state index contributed by atoms with van der Waals surface area (Å²) < 4.78 is 11.0. The summed E-state index contributed by atoms with van der Waals surface area (Å²) in [6.07, 6.45) is -0.216. The van der Waals surface area contributed by atoms with Crippen molar-refractivity contribution in [3.05, 3.63) is 35.9 Å². The van der Waals surface area contributed by atoms with Crippen LogP contribution in [0.3, 0.4) is 0 Å². The second kappa shape index (κ2) is 8.13. The van der Waals surface area contributed by atoms with Crippen LogP contribution in [-0.2, 0) is 9.63 Å². The average molecular weight is 348 g/mol. The second-order valence-corrected chi connectivity index (χ2v) is 6.57. The van der Waals surface area contributed by atoms with Crippen molar-refractivity contribution in [1.82, 2.24) is 10.2 Å². The van der Waals surface area contributed by atoms with E-state index in [1.165, 1.54) is 5.06 Å². The van der Waals surface area contributed by atoms with Crippen molar-refractivity contribution in [2.24, 2.45) is 0 Å². The number of amides is 1. The normalized spacial score (nSPS) is 12.7. The molecule has 2 aromatic rings. The quantitative estimate of drug-likeness (QED) is 0.583. The second-order valence-electron chi connectivity index (χ2n) is 6.57. The van der Waals surface area contributed by atoms with Crippen molar-refractivity contribution < 1.29 is 24.0 Å². The number of aliphatic hydroxyl groups excluding tert-OH is 1. The highest BCUT2D eigenvalue weighted by Crippen LogP contribution is 2.35. The molecule has 1 N–H and O–H groups in total. The van der Waals surface area contributed by atoms with Crippen LogP contribution in [-0.4, -0.2) is 40.5 Å². The number of aromatic nitrogens is 1. The summed E-state index contributed by atoms with van der Waals surface area (Å²) in [4.78, 5) is 16.5. The summed E-state index contributed by atoms with van der Waals surface area (Å²) in [6.45, 7) is 7.52. The van der Waals surface area contributed by atoms with E-state index >= 15 is 0 Å². The highest BCUT2D eigenvalue weighted by molar-refractivity contribution is 5.63. The third-order valence-corrected chi connectivity index (χ3v) is 3.21. The van der Waals surface area contributed by atoms with Gasteiger partial charge in [-0.15, -0.1) is 0 Å². The fourth-order valence-electron chi connectivity index (χ4n) is 2.26. The smallest absolute Gasteiger partial charge is 0.260 e. The summed E-state index contributed by atoms with van der Waals surface area (Å²) >= 11 is 0. The first kappa shape index (κ1) is 19.0. The molecule has 136 valence electrons. The molecule has 0 bridgehead atoms. The first-order chi connectivity index (χ1) is 11.8. The Bertz CT molecular complexity index is 677. The molecular formula is C18H24N2O5. The zero-order chi connectivity index (χ0) is 18.4. The van der Waals surface area contributed by atoms with Crippen LogP contribution in [0.5, 0.6) is 5.88 Å². The van der Waals surface area contributed by atoms with Gasteiger partial charge in [0.1, 0.15) is 6.61 Å². The first-order valence-corrected chi connectivity index (χ1v) is 8.08. The van der Waals surface area contributed by atoms with Crippen LogP contribution in [0.4, 0.5) is 0 Å². The van der Waals surface area contributed by atoms with Gasteiger partial charge in [0.25, 0.3) is 5.88 Å². The van der Waals surface area contributed by atoms with E-state index in [0.717, 1.165) is 5.56 Å². The third kappa shape index (κ3) is 5.30. The highest BCUT2D eigenvalue weighted by Gasteiger charge is 2.23. The third-order valence-electron chi connectivity index (χ3n) is 3.21. The topological polar surface area (TPSA) is 85.0 Å². The van der Waals surface area contributed by atoms with E-state index in [0.29, 0.717) is 17.7 Å². The molecule has 25 heavy (non-hydrogen) atoms. The first-order valence-electron chi connectivity index (χ1n) is 8.08. The number of hydrogen-bond donors (Lipinski definition) is 1. The van der Waals surface area contributed by atoms with Crippen molar-refractivity contribution in [2.75, 3.05) is 13.2 Å². The van der Waals surface area contributed by atoms with Crippen molar-refractivity contribution in [3.63, 3.8) is 0 Å². The number of hydrogen-bond acceptors (Lipinski definition) is 6. The number of rotatable bonds is 8. The Balaban J connectivity index is 2.08. The molecule has 1 amide bonds. The number of carbonyl (C=O) groups excluding carboxylic acids is 1. The molecule has 0 saturated heterocycles. The lowest BCUT2D eigenvalue weighted by Gasteiger charge is -2.26. The largest absolute Gasteiger partial charge is 0.473 e. The van der Waals surface area contributed by atoms with E-state index in [4.69, 9.17) is 14.1 Å². The fraction of sp³-hybridized carbons (Fsp3) is 0.444. The number of hydroxylamine groups is 2. The molecule has 0 radical (unpaired) electrons. The van der Waals surface area contributed by atoms with Crippen LogP contribution in [0.15, 0.2) is 34.9 Å². The van der Waals surface area contributed by atoms with E-state index in [1.807, 2.05) is 51.1 Å². The summed E-state index contributed by atoms with van der Waals surface area (Å²) in [7, 11) is 0. The highest BCUT2D eigenvalue weighted by atomic mass is 16.7. The number of benzene rings is 1. The minimum atomic E-state index is -0.815. The van der Waals surface area contributed by atoms with Gasteiger partial charge in [-0.1, -0.05) is 30.3 Å². The Morgan fingerprint density at radius 2 is 2.00 bits per heavy atom. The molecule has 2 rings (SSSR count). The molecule has 1 heterocycles. The maximum Gasteiger partial charge on any atom is 0.260 e. The molecule has 0 saturated carbocycles. The number of carbonyl (C=O) groups is 1. The predicted molar refractivity (Wildman–Crippen MR) is 91.7 cm³/mol. The molecule has 0 aliphatic carbocycles. The van der Waals surface area contributed by atoms with Crippen LogP contribution in [0, 0.1) is 0 Å². The predicted octanol–water partition coefficient (Wildman–Crippen LogP) is 2.96. The monoisotopic (exact) mass is 348 g/mol. The number of ether oxygens (including phenoxy) is 1. The SMILES string of the molecule is CC(O)c1c(OCCN(C=O)OC(C)(C)C)noc1-c1ccccc1. The molecule has 7 heteroatoms. The van der Waals surface area contributed by atoms with Gasteiger partial charge in [0, 0.05) is 5.56 Å². The molecule has 0 aliphatic heterocycles. The Morgan fingerprint density at radius 3 is 2.56 bits per heavy atom. The summed E-state index contributed by atoms with van der Waals surface area (Å²) in [6, 6.07) is 9.36. The summed E-state index contributed by atoms with van der Waals surface area (Å²) in [5.41, 5.74) is 0.784. The van der Waals surface area contributed by atoms with Crippen molar-refractivity contribution in [3.8, 4) is 17.2 Å². The minimum Gasteiger partial charge on any atom is -0.473 e. The van der Waals surface area contributed by atoms with E-state index in [-0.39, 0.29) is 19.0 Å². The van der Waals surface area contributed by atoms with E-state index in [9.17, 15) is 9.90 Å². The number of nitrogens with zero attached hydrogens (tertiary/aromatic N) is 2. The summed E-state index contributed by atoms with van der Waals surface area (Å²) in [5.74, 6) is 0.666. The fourth-order valence-corrected chi connectivity index (χ4v) is 2.26. The Morgan fingerprint density at radius 1 is 1.32 bits per heavy atom.